The van der Waals surface area contributed by atoms with Crippen molar-refractivity contribution in [2.24, 2.45) is 5.16 Å². The molecule has 0 aliphatic heterocycles. The molecule has 20 heavy (non-hydrogen) atoms. The first-order valence-electron chi connectivity index (χ1n) is 6.27. The van der Waals surface area contributed by atoms with Gasteiger partial charge in [-0.3, -0.25) is 4.79 Å². The Morgan fingerprint density at radius 3 is 2.75 bits per heavy atom. The Kier molecular flexibility index (Phi) is 5.96. The Morgan fingerprint density at radius 2 is 2.15 bits per heavy atom. The predicted molar refractivity (Wildman–Crippen MR) is 73.8 cm³/mol. The fourth-order valence-corrected chi connectivity index (χ4v) is 1.59. The van der Waals surface area contributed by atoms with Crippen LogP contribution in [0.1, 0.15) is 25.3 Å². The van der Waals surface area contributed by atoms with Gasteiger partial charge in [-0.2, -0.15) is 0 Å². The van der Waals surface area contributed by atoms with Crippen LogP contribution in [-0.4, -0.2) is 42.4 Å². The van der Waals surface area contributed by atoms with E-state index in [0.717, 1.165) is 0 Å². The Balaban J connectivity index is 2.62. The number of benzene rings is 1. The van der Waals surface area contributed by atoms with Gasteiger partial charge in [-0.15, -0.1) is 0 Å². The highest BCUT2D eigenvalue weighted by Gasteiger charge is 2.10. The second-order valence-corrected chi connectivity index (χ2v) is 4.57. The van der Waals surface area contributed by atoms with E-state index < -0.39 is 5.82 Å². The average Bonchev–Trinajstić information content (AvgIpc) is 2.43. The number of carbonyl (C=O) groups is 1. The third-order valence-electron chi connectivity index (χ3n) is 2.77. The lowest BCUT2D eigenvalue weighted by atomic mass is 10.1. The summed E-state index contributed by atoms with van der Waals surface area (Å²) in [5, 5.41) is 11.8. The number of carbonyl (C=O) groups excluding carboxylic acids is 1. The SMILES string of the molecule is C/C(=N\O)c1cc(F)ccc1OCCCC(=O)N(C)C. The van der Waals surface area contributed by atoms with Gasteiger partial charge in [0.15, 0.2) is 0 Å². The van der Waals surface area contributed by atoms with Crippen molar-refractivity contribution in [3.05, 3.63) is 29.6 Å². The third-order valence-corrected chi connectivity index (χ3v) is 2.77. The molecule has 0 fully saturated rings. The fraction of sp³-hybridized carbons (Fsp3) is 0.429. The van der Waals surface area contributed by atoms with Gasteiger partial charge in [0, 0.05) is 26.1 Å². The molecule has 0 radical (unpaired) electrons. The van der Waals surface area contributed by atoms with Crippen molar-refractivity contribution in [1.82, 2.24) is 4.90 Å². The molecule has 1 amide bonds. The number of halogens is 1. The minimum Gasteiger partial charge on any atom is -0.493 e. The zero-order valence-electron chi connectivity index (χ0n) is 11.9. The summed E-state index contributed by atoms with van der Waals surface area (Å²) < 4.78 is 18.7. The Hall–Kier alpha value is -2.11. The molecule has 110 valence electrons. The topological polar surface area (TPSA) is 62.1 Å². The number of rotatable bonds is 6. The van der Waals surface area contributed by atoms with E-state index in [9.17, 15) is 9.18 Å². The maximum Gasteiger partial charge on any atom is 0.222 e. The second kappa shape index (κ2) is 7.47. The van der Waals surface area contributed by atoms with E-state index in [1.807, 2.05) is 0 Å². The normalized spacial score (nSPS) is 11.3. The fourth-order valence-electron chi connectivity index (χ4n) is 1.59. The molecule has 0 aliphatic carbocycles. The lowest BCUT2D eigenvalue weighted by Crippen LogP contribution is -2.21. The first kappa shape index (κ1) is 15.9. The van der Waals surface area contributed by atoms with Crippen molar-refractivity contribution in [3.63, 3.8) is 0 Å². The quantitative estimate of drug-likeness (QED) is 0.377. The molecule has 0 saturated heterocycles. The summed E-state index contributed by atoms with van der Waals surface area (Å²) in [5.74, 6) is 0.0261. The van der Waals surface area contributed by atoms with Crippen molar-refractivity contribution >= 4 is 11.6 Å². The van der Waals surface area contributed by atoms with E-state index >= 15 is 0 Å². The van der Waals surface area contributed by atoms with Gasteiger partial charge >= 0.3 is 0 Å². The van der Waals surface area contributed by atoms with Crippen LogP contribution in [0.3, 0.4) is 0 Å². The number of hydrogen-bond acceptors (Lipinski definition) is 4. The van der Waals surface area contributed by atoms with Gasteiger partial charge in [-0.25, -0.2) is 4.39 Å². The molecule has 1 N–H and O–H groups in total. The molecule has 0 atom stereocenters. The van der Waals surface area contributed by atoms with Gasteiger partial charge in [0.05, 0.1) is 12.3 Å². The molecule has 1 aromatic carbocycles. The molecule has 6 heteroatoms. The van der Waals surface area contributed by atoms with Gasteiger partial charge in [-0.05, 0) is 31.5 Å². The zero-order valence-corrected chi connectivity index (χ0v) is 11.9. The van der Waals surface area contributed by atoms with Crippen molar-refractivity contribution < 1.29 is 19.1 Å². The monoisotopic (exact) mass is 282 g/mol. The minimum atomic E-state index is -0.432. The van der Waals surface area contributed by atoms with Crippen LogP contribution in [0.4, 0.5) is 4.39 Å². The predicted octanol–water partition coefficient (Wildman–Crippen LogP) is 2.27. The number of ether oxygens (including phenoxy) is 1. The summed E-state index contributed by atoms with van der Waals surface area (Å²) in [6.07, 6.45) is 0.944. The van der Waals surface area contributed by atoms with Crippen LogP contribution in [0.2, 0.25) is 0 Å². The van der Waals surface area contributed by atoms with Crippen LogP contribution < -0.4 is 4.74 Å². The Morgan fingerprint density at radius 1 is 1.45 bits per heavy atom. The van der Waals surface area contributed by atoms with E-state index in [0.29, 0.717) is 30.8 Å². The van der Waals surface area contributed by atoms with E-state index in [2.05, 4.69) is 5.16 Å². The van der Waals surface area contributed by atoms with E-state index in [-0.39, 0.29) is 11.6 Å². The number of oxime groups is 1. The molecule has 0 bridgehead atoms. The maximum absolute atomic E-state index is 13.2. The summed E-state index contributed by atoms with van der Waals surface area (Å²) >= 11 is 0. The van der Waals surface area contributed by atoms with Gasteiger partial charge in [-0.1, -0.05) is 5.16 Å². The standard InChI is InChI=1S/C14H19FN2O3/c1-10(16-19)12-9-11(15)6-7-13(12)20-8-4-5-14(18)17(2)3/h6-7,9,19H,4-5,8H2,1-3H3/b16-10+. The van der Waals surface area contributed by atoms with E-state index in [1.54, 1.807) is 21.0 Å². The number of nitrogens with zero attached hydrogens (tertiary/aromatic N) is 2. The molecule has 1 rings (SSSR count). The van der Waals surface area contributed by atoms with Gasteiger partial charge in [0.2, 0.25) is 5.91 Å². The smallest absolute Gasteiger partial charge is 0.222 e. The maximum atomic E-state index is 13.2. The highest BCUT2D eigenvalue weighted by atomic mass is 19.1. The van der Waals surface area contributed by atoms with E-state index in [4.69, 9.17) is 9.94 Å². The van der Waals surface area contributed by atoms with E-state index in [1.165, 1.54) is 23.1 Å². The van der Waals surface area contributed by atoms with Gasteiger partial charge in [0.1, 0.15) is 11.6 Å². The van der Waals surface area contributed by atoms with Gasteiger partial charge in [0.25, 0.3) is 0 Å². The zero-order chi connectivity index (χ0) is 15.1. The molecule has 0 unspecified atom stereocenters. The molecule has 1 aromatic rings. The van der Waals surface area contributed by atoms with Crippen LogP contribution in [0.15, 0.2) is 23.4 Å². The molecular formula is C14H19FN2O3. The van der Waals surface area contributed by atoms with Crippen LogP contribution in [0, 0.1) is 5.82 Å². The lowest BCUT2D eigenvalue weighted by Gasteiger charge is -2.12. The average molecular weight is 282 g/mol. The van der Waals surface area contributed by atoms with Crippen molar-refractivity contribution in [2.45, 2.75) is 19.8 Å². The first-order chi connectivity index (χ1) is 9.45. The van der Waals surface area contributed by atoms with Gasteiger partial charge < -0.3 is 14.8 Å². The number of amides is 1. The largest absolute Gasteiger partial charge is 0.493 e. The summed E-state index contributed by atoms with van der Waals surface area (Å²) in [5.41, 5.74) is 0.662. The molecule has 0 saturated carbocycles. The summed E-state index contributed by atoms with van der Waals surface area (Å²) in [6, 6.07) is 4.00. The highest BCUT2D eigenvalue weighted by Crippen LogP contribution is 2.21. The van der Waals surface area contributed by atoms with Crippen LogP contribution in [0.5, 0.6) is 5.75 Å². The lowest BCUT2D eigenvalue weighted by molar-refractivity contribution is -0.128. The Labute approximate surface area is 117 Å². The van der Waals surface area contributed by atoms with Crippen molar-refractivity contribution in [3.8, 4) is 5.75 Å². The summed E-state index contributed by atoms with van der Waals surface area (Å²) in [4.78, 5) is 12.9. The summed E-state index contributed by atoms with van der Waals surface area (Å²) in [6.45, 7) is 1.88. The van der Waals surface area contributed by atoms with Crippen molar-refractivity contribution in [1.29, 1.82) is 0 Å². The molecule has 0 aromatic heterocycles. The summed E-state index contributed by atoms with van der Waals surface area (Å²) in [7, 11) is 3.39. The molecule has 0 heterocycles. The second-order valence-electron chi connectivity index (χ2n) is 4.57. The third kappa shape index (κ3) is 4.53. The van der Waals surface area contributed by atoms with Crippen molar-refractivity contribution in [2.75, 3.05) is 20.7 Å². The Bertz CT molecular complexity index is 501. The first-order valence-corrected chi connectivity index (χ1v) is 6.27. The van der Waals surface area contributed by atoms with Crippen LogP contribution >= 0.6 is 0 Å². The molecule has 0 spiro atoms. The molecule has 5 nitrogen and oxygen atoms in total. The van der Waals surface area contributed by atoms with Crippen LogP contribution in [0.25, 0.3) is 0 Å². The number of hydrogen-bond donors (Lipinski definition) is 1. The molecular weight excluding hydrogens is 263 g/mol. The molecule has 0 aliphatic rings. The highest BCUT2D eigenvalue weighted by molar-refractivity contribution is 6.00. The minimum absolute atomic E-state index is 0.0287. The van der Waals surface area contributed by atoms with Crippen LogP contribution in [-0.2, 0) is 4.79 Å².